The lowest BCUT2D eigenvalue weighted by Gasteiger charge is -2.57. The molecular formula is C25H31N3O3S2. The first-order valence-corrected chi connectivity index (χ1v) is 14.1. The van der Waals surface area contributed by atoms with E-state index in [0.29, 0.717) is 23.6 Å². The van der Waals surface area contributed by atoms with Crippen LogP contribution in [0.5, 0.6) is 0 Å². The SMILES string of the molecule is C=C(C(=O)N/C(=N/N)SC(=C)C12CC3CC(CC(C3)C1)C2)c1ccc(S(=O)(=O)C2CC2)cc1. The van der Waals surface area contributed by atoms with Gasteiger partial charge in [0.05, 0.1) is 10.1 Å². The van der Waals surface area contributed by atoms with E-state index in [-0.39, 0.29) is 21.1 Å². The Labute approximate surface area is 200 Å². The van der Waals surface area contributed by atoms with E-state index < -0.39 is 15.7 Å². The molecule has 0 heterocycles. The van der Waals surface area contributed by atoms with Crippen LogP contribution in [0.3, 0.4) is 0 Å². The number of carbonyl (C=O) groups is 1. The number of amidine groups is 1. The molecule has 5 aliphatic carbocycles. The van der Waals surface area contributed by atoms with Crippen LogP contribution < -0.4 is 11.2 Å². The predicted molar refractivity (Wildman–Crippen MR) is 133 cm³/mol. The lowest BCUT2D eigenvalue weighted by molar-refractivity contribution is -0.114. The second-order valence-electron chi connectivity index (χ2n) is 10.4. The summed E-state index contributed by atoms with van der Waals surface area (Å²) in [5, 5.41) is 6.63. The third kappa shape index (κ3) is 4.28. The fourth-order valence-electron chi connectivity index (χ4n) is 6.48. The first-order valence-electron chi connectivity index (χ1n) is 11.7. The van der Waals surface area contributed by atoms with Gasteiger partial charge in [-0.3, -0.25) is 10.1 Å². The van der Waals surface area contributed by atoms with E-state index in [4.69, 9.17) is 5.84 Å². The Balaban J connectivity index is 1.22. The second kappa shape index (κ2) is 8.31. The highest BCUT2D eigenvalue weighted by atomic mass is 32.2. The van der Waals surface area contributed by atoms with Crippen LogP contribution in [0.25, 0.3) is 5.57 Å². The van der Waals surface area contributed by atoms with Crippen LogP contribution in [0.1, 0.15) is 56.9 Å². The summed E-state index contributed by atoms with van der Waals surface area (Å²) in [5.41, 5.74) is 0.913. The van der Waals surface area contributed by atoms with Crippen LogP contribution in [-0.2, 0) is 14.6 Å². The molecule has 0 aliphatic heterocycles. The van der Waals surface area contributed by atoms with Crippen molar-refractivity contribution in [3.05, 3.63) is 47.9 Å². The van der Waals surface area contributed by atoms with Gasteiger partial charge in [-0.15, -0.1) is 0 Å². The van der Waals surface area contributed by atoms with Gasteiger partial charge in [0.25, 0.3) is 5.91 Å². The standard InChI is InChI=1S/C25H31N3O3S2/c1-15(20-3-5-21(6-4-20)33(30,31)22-7-8-22)23(29)27-24(28-26)32-16(2)25-12-17-9-18(13-25)11-19(10-17)14-25/h3-6,17-19,22H,1-2,7-14,26H2,(H,27,28,29). The zero-order valence-corrected chi connectivity index (χ0v) is 20.4. The topological polar surface area (TPSA) is 102 Å². The van der Waals surface area contributed by atoms with Crippen molar-refractivity contribution in [1.82, 2.24) is 5.32 Å². The number of nitrogens with zero attached hydrogens (tertiary/aromatic N) is 1. The molecular weight excluding hydrogens is 454 g/mol. The lowest BCUT2D eigenvalue weighted by Crippen LogP contribution is -2.46. The Morgan fingerprint density at radius 2 is 1.58 bits per heavy atom. The molecule has 0 saturated heterocycles. The minimum absolute atomic E-state index is 0.125. The van der Waals surface area contributed by atoms with Gasteiger partial charge in [-0.05, 0) is 91.7 Å². The number of hydrogen-bond donors (Lipinski definition) is 2. The van der Waals surface area contributed by atoms with Crippen molar-refractivity contribution in [2.75, 3.05) is 0 Å². The Kier molecular flexibility index (Phi) is 5.72. The molecule has 3 N–H and O–H groups in total. The van der Waals surface area contributed by atoms with Crippen LogP contribution in [0.4, 0.5) is 0 Å². The summed E-state index contributed by atoms with van der Waals surface area (Å²) in [7, 11) is -3.26. The number of allylic oxidation sites excluding steroid dienone is 1. The molecule has 1 amide bonds. The van der Waals surface area contributed by atoms with E-state index in [1.807, 2.05) is 0 Å². The summed E-state index contributed by atoms with van der Waals surface area (Å²) in [5.74, 6) is 7.60. The zero-order valence-electron chi connectivity index (χ0n) is 18.8. The molecule has 1 aromatic carbocycles. The van der Waals surface area contributed by atoms with Crippen LogP contribution in [-0.4, -0.2) is 24.7 Å². The van der Waals surface area contributed by atoms with Crippen molar-refractivity contribution in [1.29, 1.82) is 0 Å². The van der Waals surface area contributed by atoms with E-state index >= 15 is 0 Å². The van der Waals surface area contributed by atoms with Crippen molar-refractivity contribution in [3.63, 3.8) is 0 Å². The highest BCUT2D eigenvalue weighted by Crippen LogP contribution is 2.64. The van der Waals surface area contributed by atoms with Gasteiger partial charge in [-0.2, -0.15) is 5.10 Å². The van der Waals surface area contributed by atoms with Crippen LogP contribution in [0.2, 0.25) is 0 Å². The van der Waals surface area contributed by atoms with Crippen molar-refractivity contribution in [2.24, 2.45) is 34.1 Å². The maximum atomic E-state index is 12.8. The number of benzene rings is 1. The third-order valence-corrected chi connectivity index (χ3v) is 11.3. The molecule has 5 aliphatic rings. The van der Waals surface area contributed by atoms with Gasteiger partial charge in [0.1, 0.15) is 0 Å². The molecule has 0 unspecified atom stereocenters. The number of nitrogens with two attached hydrogens (primary N) is 1. The van der Waals surface area contributed by atoms with Crippen molar-refractivity contribution in [3.8, 4) is 0 Å². The number of carbonyl (C=O) groups excluding carboxylic acids is 1. The van der Waals surface area contributed by atoms with Crippen molar-refractivity contribution < 1.29 is 13.2 Å². The summed E-state index contributed by atoms with van der Waals surface area (Å²) in [6, 6.07) is 6.34. The average Bonchev–Trinajstić information content (AvgIpc) is 3.63. The first kappa shape index (κ1) is 22.7. The number of thioether (sulfide) groups is 1. The molecule has 6 rings (SSSR count). The fourth-order valence-corrected chi connectivity index (χ4v) is 9.03. The van der Waals surface area contributed by atoms with Crippen molar-refractivity contribution in [2.45, 2.75) is 61.5 Å². The number of amides is 1. The molecule has 5 saturated carbocycles. The van der Waals surface area contributed by atoms with Gasteiger partial charge >= 0.3 is 0 Å². The Hall–Kier alpha value is -2.06. The quantitative estimate of drug-likeness (QED) is 0.204. The number of sulfone groups is 1. The van der Waals surface area contributed by atoms with Gasteiger partial charge in [0.2, 0.25) is 0 Å². The van der Waals surface area contributed by atoms with E-state index in [1.165, 1.54) is 50.3 Å². The normalized spacial score (nSPS) is 30.8. The van der Waals surface area contributed by atoms with Crippen LogP contribution in [0.15, 0.2) is 52.3 Å². The van der Waals surface area contributed by atoms with E-state index in [0.717, 1.165) is 22.7 Å². The second-order valence-corrected chi connectivity index (χ2v) is 13.7. The van der Waals surface area contributed by atoms with Crippen molar-refractivity contribution >= 4 is 38.2 Å². The monoisotopic (exact) mass is 485 g/mol. The van der Waals surface area contributed by atoms with Gasteiger partial charge in [-0.25, -0.2) is 8.42 Å². The summed E-state index contributed by atoms with van der Waals surface area (Å²) in [6.07, 6.45) is 9.03. The predicted octanol–water partition coefficient (Wildman–Crippen LogP) is 4.45. The zero-order chi connectivity index (χ0) is 23.4. The summed E-state index contributed by atoms with van der Waals surface area (Å²) in [6.45, 7) is 8.29. The summed E-state index contributed by atoms with van der Waals surface area (Å²) in [4.78, 5) is 14.2. The molecule has 4 bridgehead atoms. The number of rotatable bonds is 6. The van der Waals surface area contributed by atoms with Gasteiger partial charge < -0.3 is 5.84 Å². The molecule has 0 aromatic heterocycles. The Bertz CT molecular complexity index is 1100. The highest BCUT2D eigenvalue weighted by molar-refractivity contribution is 8.17. The maximum Gasteiger partial charge on any atom is 0.257 e. The minimum atomic E-state index is -3.26. The molecule has 6 nitrogen and oxygen atoms in total. The van der Waals surface area contributed by atoms with Crippen LogP contribution in [0, 0.1) is 23.2 Å². The Morgan fingerprint density at radius 3 is 2.06 bits per heavy atom. The molecule has 0 spiro atoms. The maximum absolute atomic E-state index is 12.8. The summed E-state index contributed by atoms with van der Waals surface area (Å²) < 4.78 is 24.8. The molecule has 8 heteroatoms. The molecule has 33 heavy (non-hydrogen) atoms. The number of hydrogen-bond acceptors (Lipinski definition) is 6. The van der Waals surface area contributed by atoms with E-state index in [9.17, 15) is 13.2 Å². The van der Waals surface area contributed by atoms with E-state index in [2.05, 4.69) is 23.6 Å². The minimum Gasteiger partial charge on any atom is -0.321 e. The van der Waals surface area contributed by atoms with E-state index in [1.54, 1.807) is 24.3 Å². The molecule has 5 fully saturated rings. The summed E-state index contributed by atoms with van der Waals surface area (Å²) >= 11 is 1.37. The molecule has 176 valence electrons. The molecule has 0 atom stereocenters. The largest absolute Gasteiger partial charge is 0.321 e. The molecule has 0 radical (unpaired) electrons. The number of nitrogens with one attached hydrogen (secondary N) is 1. The average molecular weight is 486 g/mol. The Morgan fingerprint density at radius 1 is 1.03 bits per heavy atom. The highest BCUT2D eigenvalue weighted by Gasteiger charge is 2.52. The smallest absolute Gasteiger partial charge is 0.257 e. The lowest BCUT2D eigenvalue weighted by atomic mass is 9.49. The molecule has 1 aromatic rings. The first-order chi connectivity index (χ1) is 15.7. The third-order valence-electron chi connectivity index (χ3n) is 7.96. The van der Waals surface area contributed by atoms with Gasteiger partial charge in [0.15, 0.2) is 15.0 Å². The number of hydrazone groups is 1. The van der Waals surface area contributed by atoms with Gasteiger partial charge in [0, 0.05) is 11.0 Å². The van der Waals surface area contributed by atoms with Gasteiger partial charge in [-0.1, -0.05) is 37.1 Å². The van der Waals surface area contributed by atoms with Crippen LogP contribution >= 0.6 is 11.8 Å². The fraction of sp³-hybridized carbons (Fsp3) is 0.520.